The summed E-state index contributed by atoms with van der Waals surface area (Å²) in [5.41, 5.74) is 1.70. The van der Waals surface area contributed by atoms with Gasteiger partial charge in [-0.05, 0) is 43.5 Å². The number of rotatable bonds is 6. The first-order valence-electron chi connectivity index (χ1n) is 7.93. The Labute approximate surface area is 127 Å². The van der Waals surface area contributed by atoms with Gasteiger partial charge in [-0.1, -0.05) is 19.9 Å². The number of nitrogens with zero attached hydrogens (tertiary/aromatic N) is 1. The summed E-state index contributed by atoms with van der Waals surface area (Å²) >= 11 is 0. The fourth-order valence-corrected chi connectivity index (χ4v) is 2.56. The predicted octanol–water partition coefficient (Wildman–Crippen LogP) is 3.36. The molecule has 21 heavy (non-hydrogen) atoms. The summed E-state index contributed by atoms with van der Waals surface area (Å²) in [5.74, 6) is 0.553. The molecule has 1 saturated heterocycles. The van der Waals surface area contributed by atoms with Gasteiger partial charge in [0.1, 0.15) is 5.82 Å². The lowest BCUT2D eigenvalue weighted by molar-refractivity contribution is 0.122. The molecule has 0 bridgehead atoms. The van der Waals surface area contributed by atoms with Crippen LogP contribution >= 0.6 is 0 Å². The topological polar surface area (TPSA) is 24.5 Å². The van der Waals surface area contributed by atoms with Crippen molar-refractivity contribution in [3.05, 3.63) is 29.6 Å². The van der Waals surface area contributed by atoms with Crippen LogP contribution in [-0.4, -0.2) is 32.8 Å². The summed E-state index contributed by atoms with van der Waals surface area (Å²) in [6, 6.07) is 5.77. The highest BCUT2D eigenvalue weighted by atomic mass is 19.1. The molecule has 1 aliphatic rings. The van der Waals surface area contributed by atoms with Crippen molar-refractivity contribution in [1.82, 2.24) is 5.32 Å². The third kappa shape index (κ3) is 4.68. The second-order valence-corrected chi connectivity index (χ2v) is 6.17. The van der Waals surface area contributed by atoms with E-state index in [2.05, 4.69) is 31.0 Å². The standard InChI is InChI=1S/C17H27FN2O/c1-13(2)6-7-19-14(3)15-4-5-17(16(18)12-15)20-8-10-21-11-9-20/h4-5,12-14,19H,6-11H2,1-3H3/t14-/m0/s1. The number of ether oxygens (including phenoxy) is 1. The Morgan fingerprint density at radius 3 is 2.57 bits per heavy atom. The van der Waals surface area contributed by atoms with Gasteiger partial charge in [0, 0.05) is 19.1 Å². The summed E-state index contributed by atoms with van der Waals surface area (Å²) < 4.78 is 19.6. The van der Waals surface area contributed by atoms with Crippen molar-refractivity contribution in [3.63, 3.8) is 0 Å². The van der Waals surface area contributed by atoms with Crippen LogP contribution in [0.5, 0.6) is 0 Å². The number of hydrogen-bond donors (Lipinski definition) is 1. The lowest BCUT2D eigenvalue weighted by Crippen LogP contribution is -2.36. The zero-order chi connectivity index (χ0) is 15.2. The lowest BCUT2D eigenvalue weighted by Gasteiger charge is -2.29. The van der Waals surface area contributed by atoms with E-state index >= 15 is 0 Å². The van der Waals surface area contributed by atoms with Gasteiger partial charge in [0.2, 0.25) is 0 Å². The number of anilines is 1. The molecule has 3 nitrogen and oxygen atoms in total. The fourth-order valence-electron chi connectivity index (χ4n) is 2.56. The van der Waals surface area contributed by atoms with E-state index in [0.29, 0.717) is 24.8 Å². The first kappa shape index (κ1) is 16.2. The van der Waals surface area contributed by atoms with Crippen LogP contribution in [0.2, 0.25) is 0 Å². The monoisotopic (exact) mass is 294 g/mol. The third-order valence-corrected chi connectivity index (χ3v) is 4.00. The average molecular weight is 294 g/mol. The van der Waals surface area contributed by atoms with Gasteiger partial charge in [0.05, 0.1) is 18.9 Å². The highest BCUT2D eigenvalue weighted by Gasteiger charge is 2.16. The summed E-state index contributed by atoms with van der Waals surface area (Å²) in [6.07, 6.45) is 1.14. The number of halogens is 1. The molecule has 0 radical (unpaired) electrons. The first-order valence-corrected chi connectivity index (χ1v) is 7.93. The molecule has 1 heterocycles. The summed E-state index contributed by atoms with van der Waals surface area (Å²) in [5, 5.41) is 3.46. The van der Waals surface area contributed by atoms with E-state index in [1.807, 2.05) is 12.1 Å². The van der Waals surface area contributed by atoms with E-state index < -0.39 is 0 Å². The second-order valence-electron chi connectivity index (χ2n) is 6.17. The molecule has 0 unspecified atom stereocenters. The number of hydrogen-bond acceptors (Lipinski definition) is 3. The summed E-state index contributed by atoms with van der Waals surface area (Å²) in [4.78, 5) is 2.06. The smallest absolute Gasteiger partial charge is 0.146 e. The fraction of sp³-hybridized carbons (Fsp3) is 0.647. The maximum absolute atomic E-state index is 14.3. The molecule has 2 rings (SSSR count). The van der Waals surface area contributed by atoms with Crippen molar-refractivity contribution < 1.29 is 9.13 Å². The maximum atomic E-state index is 14.3. The number of morpholine rings is 1. The number of benzene rings is 1. The Hall–Kier alpha value is -1.13. The van der Waals surface area contributed by atoms with Crippen LogP contribution in [0.15, 0.2) is 18.2 Å². The van der Waals surface area contributed by atoms with Gasteiger partial charge in [0.25, 0.3) is 0 Å². The highest BCUT2D eigenvalue weighted by Crippen LogP contribution is 2.24. The van der Waals surface area contributed by atoms with E-state index in [0.717, 1.165) is 31.6 Å². The van der Waals surface area contributed by atoms with Crippen molar-refractivity contribution in [3.8, 4) is 0 Å². The predicted molar refractivity (Wildman–Crippen MR) is 85.3 cm³/mol. The van der Waals surface area contributed by atoms with Crippen molar-refractivity contribution in [2.45, 2.75) is 33.2 Å². The Kier molecular flexibility index (Phi) is 6.00. The van der Waals surface area contributed by atoms with Crippen LogP contribution < -0.4 is 10.2 Å². The largest absolute Gasteiger partial charge is 0.378 e. The van der Waals surface area contributed by atoms with E-state index in [1.165, 1.54) is 0 Å². The molecule has 0 aromatic heterocycles. The van der Waals surface area contributed by atoms with Gasteiger partial charge in [-0.15, -0.1) is 0 Å². The van der Waals surface area contributed by atoms with E-state index in [-0.39, 0.29) is 11.9 Å². The Morgan fingerprint density at radius 1 is 1.24 bits per heavy atom. The van der Waals surface area contributed by atoms with Crippen molar-refractivity contribution >= 4 is 5.69 Å². The highest BCUT2D eigenvalue weighted by molar-refractivity contribution is 5.49. The Bertz CT molecular complexity index is 444. The summed E-state index contributed by atoms with van der Waals surface area (Å²) in [6.45, 7) is 10.3. The van der Waals surface area contributed by atoms with Gasteiger partial charge in [-0.3, -0.25) is 0 Å². The van der Waals surface area contributed by atoms with E-state index in [4.69, 9.17) is 4.74 Å². The minimum Gasteiger partial charge on any atom is -0.378 e. The molecule has 0 spiro atoms. The maximum Gasteiger partial charge on any atom is 0.146 e. The summed E-state index contributed by atoms with van der Waals surface area (Å²) in [7, 11) is 0. The molecule has 1 N–H and O–H groups in total. The van der Waals surface area contributed by atoms with E-state index in [9.17, 15) is 4.39 Å². The van der Waals surface area contributed by atoms with Gasteiger partial charge in [-0.25, -0.2) is 4.39 Å². The van der Waals surface area contributed by atoms with Crippen molar-refractivity contribution in [1.29, 1.82) is 0 Å². The molecule has 1 fully saturated rings. The lowest BCUT2D eigenvalue weighted by atomic mass is 10.1. The Morgan fingerprint density at radius 2 is 1.95 bits per heavy atom. The SMILES string of the molecule is CC(C)CCN[C@@H](C)c1ccc(N2CCOCC2)c(F)c1. The van der Waals surface area contributed by atoms with Gasteiger partial charge in [0.15, 0.2) is 0 Å². The normalized spacial score (nSPS) is 17.3. The molecule has 118 valence electrons. The van der Waals surface area contributed by atoms with Crippen molar-refractivity contribution in [2.24, 2.45) is 5.92 Å². The average Bonchev–Trinajstić information content (AvgIpc) is 2.47. The van der Waals surface area contributed by atoms with Crippen LogP contribution in [0.3, 0.4) is 0 Å². The molecule has 1 aromatic rings. The molecular formula is C17H27FN2O. The molecular weight excluding hydrogens is 267 g/mol. The number of nitrogens with one attached hydrogen (secondary N) is 1. The Balaban J connectivity index is 1.97. The van der Waals surface area contributed by atoms with Crippen LogP contribution in [0.1, 0.15) is 38.8 Å². The minimum absolute atomic E-state index is 0.132. The minimum atomic E-state index is -0.132. The molecule has 1 aromatic carbocycles. The van der Waals surface area contributed by atoms with Crippen LogP contribution in [0.4, 0.5) is 10.1 Å². The first-order chi connectivity index (χ1) is 10.1. The molecule has 1 aliphatic heterocycles. The molecule has 0 amide bonds. The van der Waals surface area contributed by atoms with Gasteiger partial charge >= 0.3 is 0 Å². The molecule has 4 heteroatoms. The van der Waals surface area contributed by atoms with Crippen LogP contribution in [0.25, 0.3) is 0 Å². The second kappa shape index (κ2) is 7.76. The van der Waals surface area contributed by atoms with Gasteiger partial charge in [-0.2, -0.15) is 0 Å². The molecule has 0 saturated carbocycles. The molecule has 0 aliphatic carbocycles. The zero-order valence-corrected chi connectivity index (χ0v) is 13.4. The van der Waals surface area contributed by atoms with Crippen molar-refractivity contribution in [2.75, 3.05) is 37.7 Å². The van der Waals surface area contributed by atoms with Gasteiger partial charge < -0.3 is 15.0 Å². The third-order valence-electron chi connectivity index (χ3n) is 4.00. The van der Waals surface area contributed by atoms with Crippen LogP contribution in [0, 0.1) is 11.7 Å². The zero-order valence-electron chi connectivity index (χ0n) is 13.4. The quantitative estimate of drug-likeness (QED) is 0.870. The van der Waals surface area contributed by atoms with E-state index in [1.54, 1.807) is 6.07 Å². The molecule has 1 atom stereocenters. The van der Waals surface area contributed by atoms with Crippen LogP contribution in [-0.2, 0) is 4.74 Å².